The summed E-state index contributed by atoms with van der Waals surface area (Å²) in [5, 5.41) is 15.6. The van der Waals surface area contributed by atoms with Gasteiger partial charge in [0, 0.05) is 18.0 Å². The predicted molar refractivity (Wildman–Crippen MR) is 62.6 cm³/mol. The molecule has 16 heavy (non-hydrogen) atoms. The number of rotatable bonds is 2. The fraction of sp³-hybridized carbons (Fsp3) is 0.0833. The van der Waals surface area contributed by atoms with Crippen LogP contribution >= 0.6 is 0 Å². The zero-order valence-electron chi connectivity index (χ0n) is 8.81. The van der Waals surface area contributed by atoms with Crippen LogP contribution in [0.1, 0.15) is 12.5 Å². The number of benzene rings is 1. The van der Waals surface area contributed by atoms with Crippen molar-refractivity contribution < 1.29 is 0 Å². The van der Waals surface area contributed by atoms with E-state index in [-0.39, 0.29) is 0 Å². The summed E-state index contributed by atoms with van der Waals surface area (Å²) in [6.45, 7) is 1.83. The summed E-state index contributed by atoms with van der Waals surface area (Å²) in [5.41, 5.74) is 3.24. The van der Waals surface area contributed by atoms with Crippen LogP contribution in [0.5, 0.6) is 0 Å². The monoisotopic (exact) mass is 210 g/mol. The lowest BCUT2D eigenvalue weighted by Gasteiger charge is -2.01. The molecule has 4 nitrogen and oxygen atoms in total. The standard InChI is InChI=1S/C12H10N4/c1-2-14-12-5-9(3-4-10(12)6-13)11-7-15-16-8-11/h2-5,7-8H,1H3,(H,15,16). The summed E-state index contributed by atoms with van der Waals surface area (Å²) < 4.78 is 0. The fourth-order valence-electron chi connectivity index (χ4n) is 1.46. The Morgan fingerprint density at radius 1 is 1.44 bits per heavy atom. The van der Waals surface area contributed by atoms with Gasteiger partial charge in [0.2, 0.25) is 0 Å². The van der Waals surface area contributed by atoms with Crippen molar-refractivity contribution in [3.8, 4) is 17.2 Å². The molecule has 1 heterocycles. The Labute approximate surface area is 93.3 Å². The van der Waals surface area contributed by atoms with E-state index in [1.807, 2.05) is 19.1 Å². The number of nitrogens with one attached hydrogen (secondary N) is 1. The molecule has 0 aliphatic heterocycles. The molecular formula is C12H10N4. The summed E-state index contributed by atoms with van der Waals surface area (Å²) in [6.07, 6.45) is 5.22. The van der Waals surface area contributed by atoms with E-state index in [9.17, 15) is 0 Å². The third kappa shape index (κ3) is 1.84. The molecule has 0 aliphatic carbocycles. The van der Waals surface area contributed by atoms with Gasteiger partial charge < -0.3 is 0 Å². The molecule has 2 rings (SSSR count). The molecule has 0 saturated carbocycles. The second kappa shape index (κ2) is 4.41. The topological polar surface area (TPSA) is 64.8 Å². The first-order chi connectivity index (χ1) is 7.85. The van der Waals surface area contributed by atoms with Gasteiger partial charge in [-0.2, -0.15) is 10.4 Å². The van der Waals surface area contributed by atoms with E-state index >= 15 is 0 Å². The number of nitriles is 1. The average Bonchev–Trinajstić information content (AvgIpc) is 2.83. The summed E-state index contributed by atoms with van der Waals surface area (Å²) in [6, 6.07) is 7.65. The van der Waals surface area contributed by atoms with Gasteiger partial charge in [-0.15, -0.1) is 0 Å². The molecule has 1 aromatic heterocycles. The van der Waals surface area contributed by atoms with Gasteiger partial charge in [0.05, 0.1) is 17.4 Å². The Kier molecular flexibility index (Phi) is 2.79. The van der Waals surface area contributed by atoms with Crippen molar-refractivity contribution in [3.63, 3.8) is 0 Å². The SMILES string of the molecule is CC=Nc1cc(-c2cn[nH]c2)ccc1C#N. The van der Waals surface area contributed by atoms with Crippen LogP contribution in [-0.4, -0.2) is 16.4 Å². The minimum absolute atomic E-state index is 0.574. The summed E-state index contributed by atoms with van der Waals surface area (Å²) in [5.74, 6) is 0. The summed E-state index contributed by atoms with van der Waals surface area (Å²) in [7, 11) is 0. The minimum atomic E-state index is 0.574. The Bertz CT molecular complexity index is 547. The summed E-state index contributed by atoms with van der Waals surface area (Å²) >= 11 is 0. The van der Waals surface area contributed by atoms with Crippen molar-refractivity contribution in [3.05, 3.63) is 36.2 Å². The van der Waals surface area contributed by atoms with E-state index in [1.165, 1.54) is 0 Å². The first kappa shape index (κ1) is 10.1. The first-order valence-electron chi connectivity index (χ1n) is 4.87. The summed E-state index contributed by atoms with van der Waals surface area (Å²) in [4.78, 5) is 4.17. The molecule has 0 spiro atoms. The highest BCUT2D eigenvalue weighted by Gasteiger charge is 2.04. The van der Waals surface area contributed by atoms with Gasteiger partial charge in [-0.25, -0.2) is 0 Å². The largest absolute Gasteiger partial charge is 0.285 e. The van der Waals surface area contributed by atoms with Gasteiger partial charge in [0.1, 0.15) is 6.07 Å². The molecule has 2 aromatic rings. The van der Waals surface area contributed by atoms with Gasteiger partial charge in [0.25, 0.3) is 0 Å². The van der Waals surface area contributed by atoms with Crippen LogP contribution in [0, 0.1) is 11.3 Å². The zero-order chi connectivity index (χ0) is 11.4. The molecule has 0 saturated heterocycles. The maximum atomic E-state index is 8.92. The molecule has 0 aliphatic rings. The van der Waals surface area contributed by atoms with Crippen molar-refractivity contribution in [2.75, 3.05) is 0 Å². The van der Waals surface area contributed by atoms with Crippen LogP contribution in [0.25, 0.3) is 11.1 Å². The third-order valence-corrected chi connectivity index (χ3v) is 2.22. The van der Waals surface area contributed by atoms with Crippen molar-refractivity contribution in [1.82, 2.24) is 10.2 Å². The van der Waals surface area contributed by atoms with Gasteiger partial charge in [-0.05, 0) is 24.6 Å². The Morgan fingerprint density at radius 3 is 2.94 bits per heavy atom. The molecule has 4 heteroatoms. The zero-order valence-corrected chi connectivity index (χ0v) is 8.81. The molecule has 0 fully saturated rings. The van der Waals surface area contributed by atoms with E-state index in [4.69, 9.17) is 5.26 Å². The second-order valence-corrected chi connectivity index (χ2v) is 3.22. The van der Waals surface area contributed by atoms with Crippen molar-refractivity contribution >= 4 is 11.9 Å². The van der Waals surface area contributed by atoms with Gasteiger partial charge in [-0.1, -0.05) is 6.07 Å². The molecule has 78 valence electrons. The first-order valence-corrected chi connectivity index (χ1v) is 4.87. The van der Waals surface area contributed by atoms with E-state index in [0.29, 0.717) is 11.3 Å². The van der Waals surface area contributed by atoms with Gasteiger partial charge in [0.15, 0.2) is 0 Å². The molecule has 0 unspecified atom stereocenters. The molecule has 1 aromatic carbocycles. The Hall–Kier alpha value is -2.41. The average molecular weight is 210 g/mol. The number of hydrogen-bond donors (Lipinski definition) is 1. The normalized spacial score (nSPS) is 10.5. The number of H-pyrrole nitrogens is 1. The number of aliphatic imine (C=N–C) groups is 1. The van der Waals surface area contributed by atoms with Gasteiger partial charge in [-0.3, -0.25) is 10.1 Å². The maximum Gasteiger partial charge on any atom is 0.101 e. The van der Waals surface area contributed by atoms with E-state index in [0.717, 1.165) is 11.1 Å². The van der Waals surface area contributed by atoms with E-state index in [2.05, 4.69) is 21.3 Å². The smallest absolute Gasteiger partial charge is 0.101 e. The lowest BCUT2D eigenvalue weighted by Crippen LogP contribution is -1.80. The number of aromatic amines is 1. The molecular weight excluding hydrogens is 200 g/mol. The quantitative estimate of drug-likeness (QED) is 0.774. The van der Waals surface area contributed by atoms with E-state index < -0.39 is 0 Å². The Balaban J connectivity index is 2.52. The van der Waals surface area contributed by atoms with Crippen molar-refractivity contribution in [2.45, 2.75) is 6.92 Å². The third-order valence-electron chi connectivity index (χ3n) is 2.22. The van der Waals surface area contributed by atoms with Gasteiger partial charge >= 0.3 is 0 Å². The highest BCUT2D eigenvalue weighted by Crippen LogP contribution is 2.26. The minimum Gasteiger partial charge on any atom is -0.285 e. The van der Waals surface area contributed by atoms with Crippen LogP contribution in [0.4, 0.5) is 5.69 Å². The number of aromatic nitrogens is 2. The fourth-order valence-corrected chi connectivity index (χ4v) is 1.46. The maximum absolute atomic E-state index is 8.92. The molecule has 1 N–H and O–H groups in total. The van der Waals surface area contributed by atoms with Crippen LogP contribution in [-0.2, 0) is 0 Å². The lowest BCUT2D eigenvalue weighted by atomic mass is 10.1. The number of hydrogen-bond acceptors (Lipinski definition) is 3. The lowest BCUT2D eigenvalue weighted by molar-refractivity contribution is 1.09. The van der Waals surface area contributed by atoms with Crippen LogP contribution < -0.4 is 0 Å². The highest BCUT2D eigenvalue weighted by atomic mass is 15.1. The van der Waals surface area contributed by atoms with Crippen LogP contribution in [0.15, 0.2) is 35.6 Å². The molecule has 0 bridgehead atoms. The highest BCUT2D eigenvalue weighted by molar-refractivity contribution is 5.72. The van der Waals surface area contributed by atoms with Crippen molar-refractivity contribution in [2.24, 2.45) is 4.99 Å². The van der Waals surface area contributed by atoms with Crippen molar-refractivity contribution in [1.29, 1.82) is 5.26 Å². The predicted octanol–water partition coefficient (Wildman–Crippen LogP) is 2.67. The molecule has 0 atom stereocenters. The second-order valence-electron chi connectivity index (χ2n) is 3.22. The Morgan fingerprint density at radius 2 is 2.31 bits per heavy atom. The molecule has 0 amide bonds. The number of nitrogens with zero attached hydrogens (tertiary/aromatic N) is 3. The van der Waals surface area contributed by atoms with Crippen LogP contribution in [0.2, 0.25) is 0 Å². The van der Waals surface area contributed by atoms with Crippen LogP contribution in [0.3, 0.4) is 0 Å². The molecule has 0 radical (unpaired) electrons. The van der Waals surface area contributed by atoms with E-state index in [1.54, 1.807) is 24.7 Å².